The zero-order valence-electron chi connectivity index (χ0n) is 11.7. The topological polar surface area (TPSA) is 75.4 Å². The number of aliphatic hydroxyl groups is 1. The first-order valence-corrected chi connectivity index (χ1v) is 7.14. The number of hydrogen-bond donors (Lipinski definition) is 2. The van der Waals surface area contributed by atoms with Crippen LogP contribution in [0.4, 0.5) is 0 Å². The van der Waals surface area contributed by atoms with Crippen LogP contribution in [0.15, 0.2) is 41.1 Å². The van der Waals surface area contributed by atoms with Crippen molar-refractivity contribution in [3.05, 3.63) is 53.4 Å². The molecule has 1 atom stereocenters. The molecule has 1 heterocycles. The summed E-state index contributed by atoms with van der Waals surface area (Å²) in [5, 5.41) is 17.4. The van der Waals surface area contributed by atoms with E-state index in [0.717, 1.165) is 24.0 Å². The zero-order valence-corrected chi connectivity index (χ0v) is 11.7. The van der Waals surface area contributed by atoms with E-state index in [1.807, 2.05) is 24.3 Å². The lowest BCUT2D eigenvalue weighted by Crippen LogP contribution is -2.43. The highest BCUT2D eigenvalue weighted by atomic mass is 16.5. The molecule has 21 heavy (non-hydrogen) atoms. The molecule has 5 nitrogen and oxygen atoms in total. The standard InChI is InChI=1S/C16H18N2O3/c19-15(10-13-7-9-21-18-13)17-11-16(20)8-3-5-12-4-1-2-6-14(12)16/h1-2,4,6-7,9,20H,3,5,8,10-11H2,(H,17,19). The first-order valence-electron chi connectivity index (χ1n) is 7.14. The number of nitrogens with zero attached hydrogens (tertiary/aromatic N) is 1. The van der Waals surface area contributed by atoms with Crippen molar-refractivity contribution in [3.63, 3.8) is 0 Å². The summed E-state index contributed by atoms with van der Waals surface area (Å²) in [4.78, 5) is 11.9. The SMILES string of the molecule is O=C(Cc1ccon1)NCC1(O)CCCc2ccccc21. The van der Waals surface area contributed by atoms with Gasteiger partial charge in [-0.2, -0.15) is 0 Å². The molecular weight excluding hydrogens is 268 g/mol. The van der Waals surface area contributed by atoms with Crippen LogP contribution < -0.4 is 5.32 Å². The van der Waals surface area contributed by atoms with Gasteiger partial charge in [-0.1, -0.05) is 29.4 Å². The van der Waals surface area contributed by atoms with Crippen LogP contribution in [0.3, 0.4) is 0 Å². The smallest absolute Gasteiger partial charge is 0.226 e. The van der Waals surface area contributed by atoms with E-state index in [0.29, 0.717) is 12.1 Å². The van der Waals surface area contributed by atoms with Gasteiger partial charge in [0, 0.05) is 6.07 Å². The summed E-state index contributed by atoms with van der Waals surface area (Å²) in [6.07, 6.45) is 4.16. The Bertz CT molecular complexity index is 624. The third kappa shape index (κ3) is 2.97. The predicted molar refractivity (Wildman–Crippen MR) is 76.5 cm³/mol. The van der Waals surface area contributed by atoms with Crippen molar-refractivity contribution < 1.29 is 14.4 Å². The lowest BCUT2D eigenvalue weighted by atomic mass is 9.79. The third-order valence-corrected chi connectivity index (χ3v) is 3.97. The molecule has 0 bridgehead atoms. The van der Waals surface area contributed by atoms with Crippen molar-refractivity contribution in [1.82, 2.24) is 10.5 Å². The van der Waals surface area contributed by atoms with Crippen molar-refractivity contribution in [2.45, 2.75) is 31.3 Å². The van der Waals surface area contributed by atoms with E-state index in [2.05, 4.69) is 10.5 Å². The first-order chi connectivity index (χ1) is 10.2. The summed E-state index contributed by atoms with van der Waals surface area (Å²) < 4.78 is 4.70. The van der Waals surface area contributed by atoms with Gasteiger partial charge in [-0.05, 0) is 30.4 Å². The van der Waals surface area contributed by atoms with E-state index < -0.39 is 5.60 Å². The fourth-order valence-electron chi connectivity index (χ4n) is 2.88. The number of fused-ring (bicyclic) bond motifs is 1. The lowest BCUT2D eigenvalue weighted by Gasteiger charge is -2.34. The highest BCUT2D eigenvalue weighted by molar-refractivity contribution is 5.78. The summed E-state index contributed by atoms with van der Waals surface area (Å²) in [6.45, 7) is 0.223. The molecule has 1 aliphatic rings. The molecular formula is C16H18N2O3. The van der Waals surface area contributed by atoms with E-state index in [1.54, 1.807) is 6.07 Å². The molecule has 0 fully saturated rings. The van der Waals surface area contributed by atoms with Gasteiger partial charge in [0.15, 0.2) is 0 Å². The molecule has 1 aromatic heterocycles. The fourth-order valence-corrected chi connectivity index (χ4v) is 2.88. The molecule has 0 saturated heterocycles. The second-order valence-corrected chi connectivity index (χ2v) is 5.49. The maximum atomic E-state index is 11.9. The first kappa shape index (κ1) is 13.8. The number of nitrogens with one attached hydrogen (secondary N) is 1. The maximum Gasteiger partial charge on any atom is 0.226 e. The van der Waals surface area contributed by atoms with Crippen LogP contribution in [0.1, 0.15) is 29.7 Å². The second-order valence-electron chi connectivity index (χ2n) is 5.49. The molecule has 1 amide bonds. The minimum atomic E-state index is -0.978. The van der Waals surface area contributed by atoms with Crippen LogP contribution in [0.5, 0.6) is 0 Å². The Morgan fingerprint density at radius 3 is 3.05 bits per heavy atom. The van der Waals surface area contributed by atoms with Gasteiger partial charge in [0.1, 0.15) is 11.9 Å². The van der Waals surface area contributed by atoms with Gasteiger partial charge in [-0.25, -0.2) is 0 Å². The van der Waals surface area contributed by atoms with Gasteiger partial charge < -0.3 is 14.9 Å². The summed E-state index contributed by atoms with van der Waals surface area (Å²) in [5.74, 6) is -0.166. The summed E-state index contributed by atoms with van der Waals surface area (Å²) in [7, 11) is 0. The molecule has 110 valence electrons. The maximum absolute atomic E-state index is 11.9. The second kappa shape index (κ2) is 5.69. The zero-order chi connectivity index (χ0) is 14.7. The van der Waals surface area contributed by atoms with Crippen LogP contribution in [-0.2, 0) is 23.2 Å². The Kier molecular flexibility index (Phi) is 3.75. The molecule has 0 aliphatic heterocycles. The number of benzene rings is 1. The molecule has 5 heteroatoms. The highest BCUT2D eigenvalue weighted by Crippen LogP contribution is 2.34. The summed E-state index contributed by atoms with van der Waals surface area (Å²) >= 11 is 0. The predicted octanol–water partition coefficient (Wildman–Crippen LogP) is 1.56. The Morgan fingerprint density at radius 2 is 2.24 bits per heavy atom. The average Bonchev–Trinajstić information content (AvgIpc) is 2.99. The van der Waals surface area contributed by atoms with E-state index in [-0.39, 0.29) is 18.9 Å². The Hall–Kier alpha value is -2.14. The Balaban J connectivity index is 1.66. The third-order valence-electron chi connectivity index (χ3n) is 3.97. The van der Waals surface area contributed by atoms with Crippen LogP contribution >= 0.6 is 0 Å². The monoisotopic (exact) mass is 286 g/mol. The van der Waals surface area contributed by atoms with E-state index in [1.165, 1.54) is 6.26 Å². The van der Waals surface area contributed by atoms with Gasteiger partial charge in [0.2, 0.25) is 5.91 Å². The van der Waals surface area contributed by atoms with Crippen molar-refractivity contribution in [2.24, 2.45) is 0 Å². The van der Waals surface area contributed by atoms with Crippen LogP contribution in [0.25, 0.3) is 0 Å². The fraction of sp³-hybridized carbons (Fsp3) is 0.375. The number of carbonyl (C=O) groups is 1. The van der Waals surface area contributed by atoms with E-state index >= 15 is 0 Å². The van der Waals surface area contributed by atoms with E-state index in [9.17, 15) is 9.90 Å². The molecule has 0 saturated carbocycles. The number of carbonyl (C=O) groups excluding carboxylic acids is 1. The normalized spacial score (nSPS) is 20.8. The van der Waals surface area contributed by atoms with Gasteiger partial charge >= 0.3 is 0 Å². The van der Waals surface area contributed by atoms with Gasteiger partial charge in [-0.3, -0.25) is 4.79 Å². The average molecular weight is 286 g/mol. The molecule has 1 aliphatic carbocycles. The minimum absolute atomic E-state index is 0.161. The quantitative estimate of drug-likeness (QED) is 0.894. The molecule has 1 aromatic carbocycles. The number of aromatic nitrogens is 1. The molecule has 0 radical (unpaired) electrons. The van der Waals surface area contributed by atoms with Crippen molar-refractivity contribution in [1.29, 1.82) is 0 Å². The number of hydrogen-bond acceptors (Lipinski definition) is 4. The van der Waals surface area contributed by atoms with Crippen LogP contribution in [0.2, 0.25) is 0 Å². The van der Waals surface area contributed by atoms with Gasteiger partial charge in [0.05, 0.1) is 18.7 Å². The van der Waals surface area contributed by atoms with Gasteiger partial charge in [-0.15, -0.1) is 0 Å². The Labute approximate surface area is 123 Å². The van der Waals surface area contributed by atoms with Crippen molar-refractivity contribution in [2.75, 3.05) is 6.54 Å². The number of rotatable bonds is 4. The molecule has 0 spiro atoms. The molecule has 1 unspecified atom stereocenters. The van der Waals surface area contributed by atoms with Crippen molar-refractivity contribution >= 4 is 5.91 Å². The number of aryl methyl sites for hydroxylation is 1. The summed E-state index contributed by atoms with van der Waals surface area (Å²) in [6, 6.07) is 9.54. The van der Waals surface area contributed by atoms with E-state index in [4.69, 9.17) is 4.52 Å². The molecule has 2 N–H and O–H groups in total. The minimum Gasteiger partial charge on any atom is -0.383 e. The lowest BCUT2D eigenvalue weighted by molar-refractivity contribution is -0.122. The molecule has 3 rings (SSSR count). The largest absolute Gasteiger partial charge is 0.383 e. The molecule has 2 aromatic rings. The van der Waals surface area contributed by atoms with Crippen LogP contribution in [-0.4, -0.2) is 22.7 Å². The summed E-state index contributed by atoms with van der Waals surface area (Å²) in [5.41, 5.74) is 1.70. The van der Waals surface area contributed by atoms with Crippen LogP contribution in [0, 0.1) is 0 Å². The highest BCUT2D eigenvalue weighted by Gasteiger charge is 2.34. The van der Waals surface area contributed by atoms with Gasteiger partial charge in [0.25, 0.3) is 0 Å². The Morgan fingerprint density at radius 1 is 1.38 bits per heavy atom. The number of amides is 1. The van der Waals surface area contributed by atoms with Crippen molar-refractivity contribution in [3.8, 4) is 0 Å².